The molecule has 8 heteroatoms. The van der Waals surface area contributed by atoms with Crippen LogP contribution in [0.2, 0.25) is 0 Å². The summed E-state index contributed by atoms with van der Waals surface area (Å²) in [5.74, 6) is -0.131. The molecule has 0 fully saturated rings. The maximum absolute atomic E-state index is 14.5. The summed E-state index contributed by atoms with van der Waals surface area (Å²) in [6, 6.07) is 11.5. The number of pyridine rings is 1. The van der Waals surface area contributed by atoms with E-state index in [0.717, 1.165) is 11.0 Å². The fourth-order valence-electron chi connectivity index (χ4n) is 3.35. The molecule has 0 aliphatic carbocycles. The second-order valence-electron chi connectivity index (χ2n) is 7.38. The summed E-state index contributed by atoms with van der Waals surface area (Å²) >= 11 is 0. The lowest BCUT2D eigenvalue weighted by Gasteiger charge is -2.18. The molecular formula is C24H25FN2O4S. The highest BCUT2D eigenvalue weighted by Gasteiger charge is 2.18. The van der Waals surface area contributed by atoms with E-state index in [9.17, 15) is 17.6 Å². The van der Waals surface area contributed by atoms with Gasteiger partial charge < -0.3 is 9.30 Å². The summed E-state index contributed by atoms with van der Waals surface area (Å²) in [4.78, 5) is 12.4. The number of nitrogens with one attached hydrogen (secondary N) is 1. The molecule has 1 aromatic heterocycles. The number of sulfonamides is 1. The number of rotatable bonds is 8. The normalized spacial score (nSPS) is 11.4. The van der Waals surface area contributed by atoms with Crippen molar-refractivity contribution in [2.75, 3.05) is 0 Å². The third-order valence-electron chi connectivity index (χ3n) is 5.03. The molecule has 2 aromatic carbocycles. The van der Waals surface area contributed by atoms with Crippen LogP contribution >= 0.6 is 0 Å². The first-order chi connectivity index (χ1) is 15.1. The van der Waals surface area contributed by atoms with Gasteiger partial charge in [-0.05, 0) is 48.7 Å². The van der Waals surface area contributed by atoms with Crippen LogP contribution in [0.5, 0.6) is 11.5 Å². The van der Waals surface area contributed by atoms with Crippen molar-refractivity contribution in [3.05, 3.63) is 93.5 Å². The Bertz CT molecular complexity index is 1330. The lowest BCUT2D eigenvalue weighted by molar-refractivity contribution is 0.443. The van der Waals surface area contributed by atoms with Crippen LogP contribution in [0.25, 0.3) is 11.1 Å². The molecule has 168 valence electrons. The minimum Gasteiger partial charge on any atom is -0.454 e. The van der Waals surface area contributed by atoms with E-state index in [1.807, 2.05) is 6.92 Å². The molecule has 0 aliphatic rings. The molecule has 0 saturated carbocycles. The van der Waals surface area contributed by atoms with Gasteiger partial charge in [-0.25, -0.2) is 17.5 Å². The number of halogens is 1. The van der Waals surface area contributed by atoms with Crippen molar-refractivity contribution in [1.82, 2.24) is 9.29 Å². The number of aromatic nitrogens is 1. The molecule has 0 bridgehead atoms. The van der Waals surface area contributed by atoms with Crippen LogP contribution < -0.4 is 15.0 Å². The molecule has 1 N–H and O–H groups in total. The Morgan fingerprint density at radius 1 is 1.16 bits per heavy atom. The largest absolute Gasteiger partial charge is 0.454 e. The van der Waals surface area contributed by atoms with E-state index in [4.69, 9.17) is 4.74 Å². The number of aryl methyl sites for hydroxylation is 3. The molecule has 0 atom stereocenters. The molecule has 0 radical (unpaired) electrons. The van der Waals surface area contributed by atoms with Crippen molar-refractivity contribution in [2.24, 2.45) is 7.05 Å². The van der Waals surface area contributed by atoms with Crippen LogP contribution in [0.4, 0.5) is 4.39 Å². The van der Waals surface area contributed by atoms with Gasteiger partial charge in [0.15, 0.2) is 11.6 Å². The number of hydrogen-bond donors (Lipinski definition) is 1. The quantitative estimate of drug-likeness (QED) is 0.544. The summed E-state index contributed by atoms with van der Waals surface area (Å²) in [5, 5.41) is 0.829. The summed E-state index contributed by atoms with van der Waals surface area (Å²) in [5.41, 5.74) is 3.05. The number of benzene rings is 2. The van der Waals surface area contributed by atoms with E-state index in [1.54, 1.807) is 56.6 Å². The van der Waals surface area contributed by atoms with Gasteiger partial charge in [-0.2, -0.15) is 0 Å². The molecular weight excluding hydrogens is 431 g/mol. The van der Waals surface area contributed by atoms with E-state index < -0.39 is 15.8 Å². The first kappa shape index (κ1) is 23.4. The Morgan fingerprint density at radius 2 is 1.91 bits per heavy atom. The van der Waals surface area contributed by atoms with Gasteiger partial charge in [0.2, 0.25) is 10.0 Å². The fourth-order valence-corrected chi connectivity index (χ4v) is 3.83. The van der Waals surface area contributed by atoms with E-state index in [1.165, 1.54) is 10.6 Å². The molecule has 6 nitrogen and oxygen atoms in total. The first-order valence-electron chi connectivity index (χ1n) is 10.0. The predicted molar refractivity (Wildman–Crippen MR) is 124 cm³/mol. The van der Waals surface area contributed by atoms with Crippen molar-refractivity contribution in [1.29, 1.82) is 0 Å². The molecule has 0 aliphatic heterocycles. The van der Waals surface area contributed by atoms with Crippen LogP contribution in [-0.2, 0) is 30.0 Å². The van der Waals surface area contributed by atoms with E-state index in [0.29, 0.717) is 34.4 Å². The van der Waals surface area contributed by atoms with E-state index in [-0.39, 0.29) is 17.9 Å². The third-order valence-corrected chi connectivity index (χ3v) is 6.02. The standard InChI is InChI=1S/C24H25FN2O4S/c1-5-17-13-19(15-27(4)24(17)28)23-18(14-26-32(29,30)6-2)8-7-9-22(23)31-21-11-10-16(3)12-20(21)25/h6-13,15,26H,2,5,14H2,1,3-4H3. The van der Waals surface area contributed by atoms with Crippen molar-refractivity contribution in [2.45, 2.75) is 26.8 Å². The van der Waals surface area contributed by atoms with Crippen LogP contribution in [0.1, 0.15) is 23.6 Å². The highest BCUT2D eigenvalue weighted by Crippen LogP contribution is 2.37. The Labute approximate surface area is 187 Å². The second-order valence-corrected chi connectivity index (χ2v) is 9.09. The maximum atomic E-state index is 14.5. The molecule has 0 unspecified atom stereocenters. The van der Waals surface area contributed by atoms with Gasteiger partial charge in [0.25, 0.3) is 5.56 Å². The van der Waals surface area contributed by atoms with Crippen LogP contribution in [-0.4, -0.2) is 13.0 Å². The van der Waals surface area contributed by atoms with Crippen LogP contribution in [0.3, 0.4) is 0 Å². The second kappa shape index (κ2) is 9.50. The summed E-state index contributed by atoms with van der Waals surface area (Å²) in [6.45, 7) is 6.92. The zero-order valence-corrected chi connectivity index (χ0v) is 19.0. The van der Waals surface area contributed by atoms with E-state index >= 15 is 0 Å². The average molecular weight is 457 g/mol. The van der Waals surface area contributed by atoms with Crippen molar-refractivity contribution in [3.8, 4) is 22.6 Å². The molecule has 32 heavy (non-hydrogen) atoms. The molecule has 3 rings (SSSR count). The predicted octanol–water partition coefficient (Wildman–Crippen LogP) is 4.42. The van der Waals surface area contributed by atoms with Crippen molar-refractivity contribution >= 4 is 10.0 Å². The minimum atomic E-state index is -3.67. The summed E-state index contributed by atoms with van der Waals surface area (Å²) < 4.78 is 48.2. The van der Waals surface area contributed by atoms with Crippen LogP contribution in [0, 0.1) is 12.7 Å². The lowest BCUT2D eigenvalue weighted by atomic mass is 9.98. The number of nitrogens with zero attached hydrogens (tertiary/aromatic N) is 1. The van der Waals surface area contributed by atoms with Gasteiger partial charge in [0.1, 0.15) is 5.75 Å². The average Bonchev–Trinajstić information content (AvgIpc) is 2.76. The monoisotopic (exact) mass is 456 g/mol. The Balaban J connectivity index is 2.19. The highest BCUT2D eigenvalue weighted by atomic mass is 32.2. The zero-order chi connectivity index (χ0) is 23.5. The summed E-state index contributed by atoms with van der Waals surface area (Å²) in [6.07, 6.45) is 2.18. The van der Waals surface area contributed by atoms with Gasteiger partial charge in [-0.1, -0.05) is 31.7 Å². The van der Waals surface area contributed by atoms with E-state index in [2.05, 4.69) is 11.3 Å². The number of ether oxygens (including phenoxy) is 1. The Kier molecular flexibility index (Phi) is 6.96. The summed E-state index contributed by atoms with van der Waals surface area (Å²) in [7, 11) is -2.02. The first-order valence-corrected chi connectivity index (χ1v) is 11.6. The molecule has 3 aromatic rings. The highest BCUT2D eigenvalue weighted by molar-refractivity contribution is 7.92. The lowest BCUT2D eigenvalue weighted by Crippen LogP contribution is -2.22. The van der Waals surface area contributed by atoms with Gasteiger partial charge in [0.05, 0.1) is 0 Å². The third kappa shape index (κ3) is 5.15. The van der Waals surface area contributed by atoms with Crippen molar-refractivity contribution in [3.63, 3.8) is 0 Å². The molecule has 0 amide bonds. The number of hydrogen-bond acceptors (Lipinski definition) is 4. The minimum absolute atomic E-state index is 0.0401. The maximum Gasteiger partial charge on any atom is 0.253 e. The van der Waals surface area contributed by atoms with Gasteiger partial charge in [-0.3, -0.25) is 4.79 Å². The Hall–Kier alpha value is -3.23. The molecule has 0 saturated heterocycles. The molecule has 1 heterocycles. The fraction of sp³-hybridized carbons (Fsp3) is 0.208. The molecule has 0 spiro atoms. The van der Waals surface area contributed by atoms with Gasteiger partial charge in [0, 0.05) is 41.9 Å². The smallest absolute Gasteiger partial charge is 0.253 e. The SMILES string of the molecule is C=CS(=O)(=O)NCc1cccc(Oc2ccc(C)cc2F)c1-c1cc(CC)c(=O)n(C)c1. The zero-order valence-electron chi connectivity index (χ0n) is 18.2. The van der Waals surface area contributed by atoms with Crippen molar-refractivity contribution < 1.29 is 17.5 Å². The van der Waals surface area contributed by atoms with Gasteiger partial charge >= 0.3 is 0 Å². The van der Waals surface area contributed by atoms with Crippen LogP contribution in [0.15, 0.2) is 65.4 Å². The topological polar surface area (TPSA) is 77.4 Å². The Morgan fingerprint density at radius 3 is 2.56 bits per heavy atom. The van der Waals surface area contributed by atoms with Gasteiger partial charge in [-0.15, -0.1) is 0 Å².